The Hall–Kier alpha value is -0.640. The maximum atomic E-state index is 3.83. The van der Waals surface area contributed by atoms with E-state index < -0.39 is 0 Å². The van der Waals surface area contributed by atoms with E-state index >= 15 is 0 Å². The fourth-order valence-corrected chi connectivity index (χ4v) is 4.95. The molecule has 0 radical (unpaired) electrons. The first-order valence-corrected chi connectivity index (χ1v) is 9.41. The topological polar surface area (TPSA) is 12.0 Å². The summed E-state index contributed by atoms with van der Waals surface area (Å²) in [4.78, 5) is 1.55. The van der Waals surface area contributed by atoms with Crippen LogP contribution in [0.25, 0.3) is 0 Å². The zero-order valence-electron chi connectivity index (χ0n) is 12.7. The average molecular weight is 364 g/mol. The van der Waals surface area contributed by atoms with E-state index in [-0.39, 0.29) is 0 Å². The van der Waals surface area contributed by atoms with Crippen LogP contribution >= 0.6 is 27.3 Å². The first-order valence-electron chi connectivity index (χ1n) is 7.80. The van der Waals surface area contributed by atoms with Crippen LogP contribution in [0.3, 0.4) is 0 Å². The van der Waals surface area contributed by atoms with E-state index in [9.17, 15) is 0 Å². The minimum atomic E-state index is 0.394. The maximum Gasteiger partial charge on any atom is 0.0704 e. The molecule has 1 aromatic carbocycles. The molecule has 1 N–H and O–H groups in total. The van der Waals surface area contributed by atoms with Crippen molar-refractivity contribution in [2.45, 2.75) is 51.6 Å². The zero-order chi connectivity index (χ0) is 14.8. The van der Waals surface area contributed by atoms with E-state index in [0.717, 1.165) is 6.42 Å². The minimum absolute atomic E-state index is 0.394. The van der Waals surface area contributed by atoms with Gasteiger partial charge in [0.15, 0.2) is 0 Å². The van der Waals surface area contributed by atoms with Gasteiger partial charge in [-0.1, -0.05) is 31.2 Å². The van der Waals surface area contributed by atoms with Crippen molar-refractivity contribution in [3.05, 3.63) is 55.7 Å². The molecule has 21 heavy (non-hydrogen) atoms. The lowest BCUT2D eigenvalue weighted by atomic mass is 9.92. The highest BCUT2D eigenvalue weighted by molar-refractivity contribution is 9.11. The van der Waals surface area contributed by atoms with Gasteiger partial charge in [-0.05, 0) is 71.3 Å². The summed E-state index contributed by atoms with van der Waals surface area (Å²) in [5, 5.41) is 3.83. The molecular formula is C18H22BrNS. The minimum Gasteiger partial charge on any atom is -0.303 e. The van der Waals surface area contributed by atoms with Crippen LogP contribution in [0.1, 0.15) is 60.3 Å². The third-order valence-corrected chi connectivity index (χ3v) is 6.14. The van der Waals surface area contributed by atoms with Crippen LogP contribution in [0.15, 0.2) is 34.1 Å². The Morgan fingerprint density at radius 1 is 1.33 bits per heavy atom. The lowest BCUT2D eigenvalue weighted by molar-refractivity contribution is 0.418. The number of aryl methyl sites for hydroxylation is 2. The lowest BCUT2D eigenvalue weighted by Gasteiger charge is -2.27. The van der Waals surface area contributed by atoms with Gasteiger partial charge in [-0.15, -0.1) is 11.3 Å². The summed E-state index contributed by atoms with van der Waals surface area (Å²) in [7, 11) is 0. The van der Waals surface area contributed by atoms with Gasteiger partial charge in [0, 0.05) is 17.0 Å². The van der Waals surface area contributed by atoms with E-state index in [2.05, 4.69) is 65.4 Å². The number of hydrogen-bond acceptors (Lipinski definition) is 2. The van der Waals surface area contributed by atoms with Crippen molar-refractivity contribution >= 4 is 27.3 Å². The highest BCUT2D eigenvalue weighted by atomic mass is 79.9. The monoisotopic (exact) mass is 363 g/mol. The van der Waals surface area contributed by atoms with E-state index in [0.29, 0.717) is 12.1 Å². The molecule has 1 aliphatic carbocycles. The second-order valence-corrected chi connectivity index (χ2v) is 8.37. The molecule has 1 aliphatic rings. The van der Waals surface area contributed by atoms with Crippen molar-refractivity contribution in [1.29, 1.82) is 0 Å². The van der Waals surface area contributed by atoms with E-state index in [1.165, 1.54) is 39.7 Å². The standard InChI is InChI=1S/C18H22BrNS/c1-3-13-7-9-14(10-8-13)12(2)20-16-5-4-6-17-15(16)11-18(19)21-17/h7-12,16,20H,3-6H2,1-2H3. The van der Waals surface area contributed by atoms with Crippen LogP contribution in [0.4, 0.5) is 0 Å². The number of thiophene rings is 1. The molecule has 0 fully saturated rings. The van der Waals surface area contributed by atoms with Gasteiger partial charge in [0.25, 0.3) is 0 Å². The van der Waals surface area contributed by atoms with Gasteiger partial charge in [-0.25, -0.2) is 0 Å². The van der Waals surface area contributed by atoms with Crippen molar-refractivity contribution in [3.8, 4) is 0 Å². The molecule has 0 saturated carbocycles. The number of rotatable bonds is 4. The largest absolute Gasteiger partial charge is 0.303 e. The molecule has 0 amide bonds. The van der Waals surface area contributed by atoms with Crippen LogP contribution in [-0.2, 0) is 12.8 Å². The fourth-order valence-electron chi connectivity index (χ4n) is 3.13. The highest BCUT2D eigenvalue weighted by Gasteiger charge is 2.24. The van der Waals surface area contributed by atoms with E-state index in [1.54, 1.807) is 4.88 Å². The van der Waals surface area contributed by atoms with Crippen LogP contribution < -0.4 is 5.32 Å². The number of fused-ring (bicyclic) bond motifs is 1. The van der Waals surface area contributed by atoms with Gasteiger partial charge < -0.3 is 5.32 Å². The molecule has 0 aliphatic heterocycles. The Bertz CT molecular complexity index is 602. The summed E-state index contributed by atoms with van der Waals surface area (Å²) in [6.45, 7) is 4.48. The van der Waals surface area contributed by atoms with Crippen molar-refractivity contribution in [2.24, 2.45) is 0 Å². The van der Waals surface area contributed by atoms with Gasteiger partial charge in [0.1, 0.15) is 0 Å². The average Bonchev–Trinajstić information content (AvgIpc) is 2.88. The number of hydrogen-bond donors (Lipinski definition) is 1. The molecule has 2 atom stereocenters. The van der Waals surface area contributed by atoms with Gasteiger partial charge >= 0.3 is 0 Å². The lowest BCUT2D eigenvalue weighted by Crippen LogP contribution is -2.27. The summed E-state index contributed by atoms with van der Waals surface area (Å²) in [5.41, 5.74) is 4.30. The van der Waals surface area contributed by atoms with Gasteiger partial charge in [0.2, 0.25) is 0 Å². The van der Waals surface area contributed by atoms with Crippen molar-refractivity contribution in [3.63, 3.8) is 0 Å². The zero-order valence-corrected chi connectivity index (χ0v) is 15.1. The van der Waals surface area contributed by atoms with E-state index in [4.69, 9.17) is 0 Å². The maximum absolute atomic E-state index is 3.83. The molecule has 0 bridgehead atoms. The molecule has 0 spiro atoms. The molecule has 1 nitrogen and oxygen atoms in total. The third kappa shape index (κ3) is 3.41. The fraction of sp³-hybridized carbons (Fsp3) is 0.444. The molecule has 3 rings (SSSR count). The van der Waals surface area contributed by atoms with Gasteiger partial charge in [-0.2, -0.15) is 0 Å². The molecule has 0 saturated heterocycles. The van der Waals surface area contributed by atoms with Gasteiger partial charge in [-0.3, -0.25) is 0 Å². The van der Waals surface area contributed by atoms with Crippen LogP contribution in [0.5, 0.6) is 0 Å². The molecular weight excluding hydrogens is 342 g/mol. The number of benzene rings is 1. The van der Waals surface area contributed by atoms with Crippen molar-refractivity contribution < 1.29 is 0 Å². The number of halogens is 1. The van der Waals surface area contributed by atoms with E-state index in [1.807, 2.05) is 11.3 Å². The predicted octanol–water partition coefficient (Wildman–Crippen LogP) is 5.80. The number of nitrogens with one attached hydrogen (secondary N) is 1. The molecule has 3 heteroatoms. The first kappa shape index (κ1) is 15.3. The first-order chi connectivity index (χ1) is 10.2. The third-order valence-electron chi connectivity index (χ3n) is 4.42. The van der Waals surface area contributed by atoms with Gasteiger partial charge in [0.05, 0.1) is 3.79 Å². The normalized spacial score (nSPS) is 19.3. The predicted molar refractivity (Wildman–Crippen MR) is 95.1 cm³/mol. The SMILES string of the molecule is CCc1ccc(C(C)NC2CCCc3sc(Br)cc32)cc1. The summed E-state index contributed by atoms with van der Waals surface area (Å²) < 4.78 is 1.26. The van der Waals surface area contributed by atoms with Crippen LogP contribution in [0, 0.1) is 0 Å². The Kier molecular flexibility index (Phi) is 4.82. The molecule has 112 valence electrons. The molecule has 1 aromatic heterocycles. The smallest absolute Gasteiger partial charge is 0.0704 e. The van der Waals surface area contributed by atoms with Crippen molar-refractivity contribution in [2.75, 3.05) is 0 Å². The Balaban J connectivity index is 1.74. The second-order valence-electron chi connectivity index (χ2n) is 5.86. The summed E-state index contributed by atoms with van der Waals surface area (Å²) in [5.74, 6) is 0. The molecule has 1 heterocycles. The summed E-state index contributed by atoms with van der Waals surface area (Å²) in [6, 6.07) is 12.2. The summed E-state index contributed by atoms with van der Waals surface area (Å²) in [6.07, 6.45) is 4.88. The van der Waals surface area contributed by atoms with Crippen molar-refractivity contribution in [1.82, 2.24) is 5.32 Å². The highest BCUT2D eigenvalue weighted by Crippen LogP contribution is 2.38. The Morgan fingerprint density at radius 3 is 2.81 bits per heavy atom. The Morgan fingerprint density at radius 2 is 2.10 bits per heavy atom. The second kappa shape index (κ2) is 6.64. The summed E-state index contributed by atoms with van der Waals surface area (Å²) >= 11 is 5.54. The van der Waals surface area contributed by atoms with Crippen LogP contribution in [-0.4, -0.2) is 0 Å². The van der Waals surface area contributed by atoms with Crippen LogP contribution in [0.2, 0.25) is 0 Å². The molecule has 2 aromatic rings. The molecule has 2 unspecified atom stereocenters. The quantitative estimate of drug-likeness (QED) is 0.723. The Labute approximate surface area is 139 Å².